The lowest BCUT2D eigenvalue weighted by Gasteiger charge is -2.11. The predicted molar refractivity (Wildman–Crippen MR) is 73.4 cm³/mol. The molecule has 1 aromatic heterocycles. The van der Waals surface area contributed by atoms with E-state index in [2.05, 4.69) is 15.3 Å². The van der Waals surface area contributed by atoms with Crippen LogP contribution in [0.2, 0.25) is 5.02 Å². The summed E-state index contributed by atoms with van der Waals surface area (Å²) in [4.78, 5) is 17.5. The molecule has 23 heavy (non-hydrogen) atoms. The number of hydrogen-bond acceptors (Lipinski definition) is 5. The second-order valence-corrected chi connectivity index (χ2v) is 4.60. The summed E-state index contributed by atoms with van der Waals surface area (Å²) in [5, 5.41) is 20.1. The predicted octanol–water partition coefficient (Wildman–Crippen LogP) is 3.46. The van der Waals surface area contributed by atoms with E-state index in [0.717, 1.165) is 0 Å². The molecule has 0 atom stereocenters. The second-order valence-electron chi connectivity index (χ2n) is 4.19. The first kappa shape index (κ1) is 16.5. The van der Waals surface area contributed by atoms with Crippen molar-refractivity contribution in [3.8, 4) is 6.07 Å². The lowest BCUT2D eigenvalue weighted by atomic mass is 10.2. The van der Waals surface area contributed by atoms with Gasteiger partial charge in [0.2, 0.25) is 5.95 Å². The van der Waals surface area contributed by atoms with Crippen LogP contribution in [0.3, 0.4) is 0 Å². The Morgan fingerprint density at radius 1 is 1.39 bits per heavy atom. The standard InChI is InChI=1S/C13H6ClF3N4O2/c14-9-3-7(2-1-6(9)4-18)20-12-19-5-8(11(22)23)10(21-12)13(15,16)17/h1-3,5H,(H,22,23)(H,19,20,21). The van der Waals surface area contributed by atoms with Crippen LogP contribution in [0.25, 0.3) is 0 Å². The third-order valence-corrected chi connectivity index (χ3v) is 2.95. The molecule has 0 unspecified atom stereocenters. The number of aromatic nitrogens is 2. The molecule has 2 rings (SSSR count). The summed E-state index contributed by atoms with van der Waals surface area (Å²) >= 11 is 5.81. The molecule has 0 aliphatic heterocycles. The molecular formula is C13H6ClF3N4O2. The van der Waals surface area contributed by atoms with Crippen LogP contribution in [0.15, 0.2) is 24.4 Å². The van der Waals surface area contributed by atoms with Crippen molar-refractivity contribution in [3.05, 3.63) is 46.2 Å². The number of nitrogens with zero attached hydrogens (tertiary/aromatic N) is 3. The molecule has 2 aromatic rings. The molecule has 0 aliphatic rings. The van der Waals surface area contributed by atoms with Gasteiger partial charge in [0, 0.05) is 11.9 Å². The summed E-state index contributed by atoms with van der Waals surface area (Å²) in [6.45, 7) is 0. The molecule has 1 aromatic carbocycles. The minimum absolute atomic E-state index is 0.0932. The minimum Gasteiger partial charge on any atom is -0.478 e. The summed E-state index contributed by atoms with van der Waals surface area (Å²) in [5.74, 6) is -2.24. The summed E-state index contributed by atoms with van der Waals surface area (Å²) < 4.78 is 38.6. The maximum absolute atomic E-state index is 12.9. The first-order valence-electron chi connectivity index (χ1n) is 5.86. The lowest BCUT2D eigenvalue weighted by Crippen LogP contribution is -2.17. The first-order chi connectivity index (χ1) is 10.7. The molecule has 0 aliphatic carbocycles. The number of carboxylic acid groups (broad SMARTS) is 1. The zero-order chi connectivity index (χ0) is 17.2. The van der Waals surface area contributed by atoms with Gasteiger partial charge in [0.05, 0.1) is 10.6 Å². The van der Waals surface area contributed by atoms with Crippen LogP contribution in [0.4, 0.5) is 24.8 Å². The Balaban J connectivity index is 2.40. The second kappa shape index (κ2) is 6.10. The highest BCUT2D eigenvalue weighted by Gasteiger charge is 2.38. The Hall–Kier alpha value is -2.86. The van der Waals surface area contributed by atoms with E-state index >= 15 is 0 Å². The Kier molecular flexibility index (Phi) is 4.38. The van der Waals surface area contributed by atoms with E-state index in [-0.39, 0.29) is 16.3 Å². The fraction of sp³-hybridized carbons (Fsp3) is 0.0769. The molecule has 2 N–H and O–H groups in total. The monoisotopic (exact) mass is 342 g/mol. The van der Waals surface area contributed by atoms with Crippen LogP contribution >= 0.6 is 11.6 Å². The molecule has 118 valence electrons. The SMILES string of the molecule is N#Cc1ccc(Nc2ncc(C(=O)O)c(C(F)(F)F)n2)cc1Cl. The number of hydrogen-bond donors (Lipinski definition) is 2. The maximum Gasteiger partial charge on any atom is 0.434 e. The summed E-state index contributed by atoms with van der Waals surface area (Å²) in [5.41, 5.74) is -2.19. The highest BCUT2D eigenvalue weighted by molar-refractivity contribution is 6.32. The summed E-state index contributed by atoms with van der Waals surface area (Å²) in [6, 6.07) is 5.89. The zero-order valence-electron chi connectivity index (χ0n) is 11.0. The number of carbonyl (C=O) groups is 1. The molecule has 0 saturated carbocycles. The van der Waals surface area contributed by atoms with E-state index < -0.39 is 29.4 Å². The van der Waals surface area contributed by atoms with Gasteiger partial charge in [-0.3, -0.25) is 0 Å². The molecular weight excluding hydrogens is 337 g/mol. The number of halogens is 4. The average Bonchev–Trinajstić information content (AvgIpc) is 2.46. The van der Waals surface area contributed by atoms with E-state index in [1.54, 1.807) is 0 Å². The lowest BCUT2D eigenvalue weighted by molar-refractivity contribution is -0.141. The normalized spacial score (nSPS) is 10.9. The van der Waals surface area contributed by atoms with Gasteiger partial charge >= 0.3 is 12.1 Å². The van der Waals surface area contributed by atoms with Gasteiger partial charge in [-0.05, 0) is 18.2 Å². The van der Waals surface area contributed by atoms with Crippen LogP contribution in [-0.2, 0) is 6.18 Å². The number of aromatic carboxylic acids is 1. The van der Waals surface area contributed by atoms with Gasteiger partial charge in [0.15, 0.2) is 5.69 Å². The van der Waals surface area contributed by atoms with Crippen molar-refractivity contribution < 1.29 is 23.1 Å². The molecule has 0 amide bonds. The van der Waals surface area contributed by atoms with Gasteiger partial charge in [0.1, 0.15) is 11.6 Å². The fourth-order valence-electron chi connectivity index (χ4n) is 1.63. The molecule has 6 nitrogen and oxygen atoms in total. The topological polar surface area (TPSA) is 98.9 Å². The summed E-state index contributed by atoms with van der Waals surface area (Å²) in [6.07, 6.45) is -4.39. The number of carboxylic acids is 1. The van der Waals surface area contributed by atoms with Crippen LogP contribution in [-0.4, -0.2) is 21.0 Å². The Morgan fingerprint density at radius 2 is 2.09 bits per heavy atom. The number of anilines is 2. The Bertz CT molecular complexity index is 818. The van der Waals surface area contributed by atoms with Crippen LogP contribution in [0.1, 0.15) is 21.6 Å². The largest absolute Gasteiger partial charge is 0.478 e. The van der Waals surface area contributed by atoms with Crippen LogP contribution in [0.5, 0.6) is 0 Å². The van der Waals surface area contributed by atoms with Crippen molar-refractivity contribution in [1.29, 1.82) is 5.26 Å². The molecule has 0 radical (unpaired) electrons. The van der Waals surface area contributed by atoms with Crippen molar-refractivity contribution >= 4 is 29.2 Å². The summed E-state index contributed by atoms with van der Waals surface area (Å²) in [7, 11) is 0. The first-order valence-corrected chi connectivity index (χ1v) is 6.24. The van der Waals surface area contributed by atoms with Gasteiger partial charge in [0.25, 0.3) is 0 Å². The molecule has 1 heterocycles. The van der Waals surface area contributed by atoms with Crippen molar-refractivity contribution in [2.24, 2.45) is 0 Å². The molecule has 10 heteroatoms. The number of rotatable bonds is 3. The van der Waals surface area contributed by atoms with Crippen molar-refractivity contribution in [2.45, 2.75) is 6.18 Å². The van der Waals surface area contributed by atoms with Gasteiger partial charge in [-0.25, -0.2) is 14.8 Å². The van der Waals surface area contributed by atoms with E-state index in [1.807, 2.05) is 6.07 Å². The molecule has 0 fully saturated rings. The zero-order valence-corrected chi connectivity index (χ0v) is 11.8. The molecule has 0 bridgehead atoms. The van der Waals surface area contributed by atoms with Crippen LogP contribution < -0.4 is 5.32 Å². The number of nitrogens with one attached hydrogen (secondary N) is 1. The van der Waals surface area contributed by atoms with Gasteiger partial charge in [-0.15, -0.1) is 0 Å². The minimum atomic E-state index is -4.95. The molecule has 0 saturated heterocycles. The van der Waals surface area contributed by atoms with Gasteiger partial charge < -0.3 is 10.4 Å². The van der Waals surface area contributed by atoms with Crippen LogP contribution in [0, 0.1) is 11.3 Å². The third kappa shape index (κ3) is 3.67. The number of alkyl halides is 3. The Morgan fingerprint density at radius 3 is 2.61 bits per heavy atom. The Labute approximate surface area is 132 Å². The van der Waals surface area contributed by atoms with E-state index in [9.17, 15) is 18.0 Å². The maximum atomic E-state index is 12.9. The number of nitriles is 1. The van der Waals surface area contributed by atoms with Gasteiger partial charge in [-0.2, -0.15) is 18.4 Å². The average molecular weight is 343 g/mol. The smallest absolute Gasteiger partial charge is 0.434 e. The van der Waals surface area contributed by atoms with Crippen molar-refractivity contribution in [1.82, 2.24) is 9.97 Å². The van der Waals surface area contributed by atoms with Crippen molar-refractivity contribution in [2.75, 3.05) is 5.32 Å². The fourth-order valence-corrected chi connectivity index (χ4v) is 1.85. The van der Waals surface area contributed by atoms with E-state index in [4.69, 9.17) is 22.0 Å². The quantitative estimate of drug-likeness (QED) is 0.886. The van der Waals surface area contributed by atoms with Crippen molar-refractivity contribution in [3.63, 3.8) is 0 Å². The third-order valence-electron chi connectivity index (χ3n) is 2.63. The molecule has 0 spiro atoms. The highest BCUT2D eigenvalue weighted by Crippen LogP contribution is 2.31. The highest BCUT2D eigenvalue weighted by atomic mass is 35.5. The number of benzene rings is 1. The van der Waals surface area contributed by atoms with E-state index in [0.29, 0.717) is 6.20 Å². The van der Waals surface area contributed by atoms with E-state index in [1.165, 1.54) is 18.2 Å². The van der Waals surface area contributed by atoms with Gasteiger partial charge in [-0.1, -0.05) is 11.6 Å².